The number of nitrogens with two attached hydrogens (primary N) is 2. The topological polar surface area (TPSA) is 307 Å². The zero-order valence-corrected chi connectivity index (χ0v) is 36.8. The molecule has 0 saturated carbocycles. The summed E-state index contributed by atoms with van der Waals surface area (Å²) in [6.07, 6.45) is 3.30. The highest BCUT2D eigenvalue weighted by molar-refractivity contribution is 5.97. The van der Waals surface area contributed by atoms with Gasteiger partial charge < -0.3 is 52.3 Å². The molecule has 0 bridgehead atoms. The number of carbonyl (C=O) groups excluding carboxylic acids is 5. The highest BCUT2D eigenvalue weighted by Gasteiger charge is 2.40. The van der Waals surface area contributed by atoms with Crippen LogP contribution in [0.3, 0.4) is 0 Å². The minimum absolute atomic E-state index is 0.0117. The summed E-state index contributed by atoms with van der Waals surface area (Å²) in [5.41, 5.74) is 20.8. The van der Waals surface area contributed by atoms with E-state index < -0.39 is 77.7 Å². The van der Waals surface area contributed by atoms with Crippen LogP contribution in [0.15, 0.2) is 34.4 Å². The lowest BCUT2D eigenvalue weighted by Gasteiger charge is -2.31. The van der Waals surface area contributed by atoms with Crippen molar-refractivity contribution in [3.8, 4) is 5.75 Å². The van der Waals surface area contributed by atoms with Crippen molar-refractivity contribution in [1.29, 1.82) is 0 Å². The number of aromatic hydroxyl groups is 1. The fourth-order valence-electron chi connectivity index (χ4n) is 7.01. The number of carbonyl (C=O) groups is 6. The Hall–Kier alpha value is -5.62. The Morgan fingerprint density at radius 3 is 2.13 bits per heavy atom. The third-order valence-electron chi connectivity index (χ3n) is 10.6. The summed E-state index contributed by atoms with van der Waals surface area (Å²) >= 11 is 0. The Labute approximate surface area is 358 Å². The standard InChI is InChI=1S/C41H68N12O8/c1-8-26(4)34(38(58)48-32(40(60)61)23-25(2)3)49-36(56)31(24-27-16-18-28(54)19-17-27)47-37(57)33-15-12-21-52(33)39(59)30(14-11-20-45-41(42)43)46-35(55)29(50-51-44)13-9-10-22-53(5,6)7/h16-19,25-26,29-34H,8-15,20-24H2,1-7H3,(H9-,42,43,45,46,47,48,49,54,55,56,57,58,60,61)/p+1/t26-,29-,30-,31-,32-,33-,34-/m0/s1. The summed E-state index contributed by atoms with van der Waals surface area (Å²) in [5, 5.41) is 34.2. The highest BCUT2D eigenvalue weighted by Crippen LogP contribution is 2.22. The van der Waals surface area contributed by atoms with Crippen LogP contribution in [-0.2, 0) is 35.2 Å². The number of phenolic OH excluding ortho intramolecular Hbond substituents is 1. The lowest BCUT2D eigenvalue weighted by molar-refractivity contribution is -0.870. The molecule has 0 aliphatic carbocycles. The summed E-state index contributed by atoms with van der Waals surface area (Å²) in [6, 6.07) is -0.819. The SMILES string of the molecule is CC[C@H](C)[C@H](NC(=O)[C@H](Cc1ccc(O)cc1)NC(=O)[C@@H]1CCCN1C(=O)[C@H](CCCN=C(N)N)NC(=O)[C@H](CCCC[N+](C)(C)C)N=[N+]=[N-])C(=O)N[C@@H](CC(C)C)C(=O)O. The van der Waals surface area contributed by atoms with Crippen LogP contribution < -0.4 is 32.7 Å². The second kappa shape index (κ2) is 25.2. The number of carboxylic acid groups (broad SMARTS) is 1. The molecule has 1 aliphatic rings. The van der Waals surface area contributed by atoms with Crippen molar-refractivity contribution in [2.75, 3.05) is 40.8 Å². The molecule has 2 rings (SSSR count). The number of phenols is 1. The molecule has 5 amide bonds. The highest BCUT2D eigenvalue weighted by atomic mass is 16.4. The van der Waals surface area contributed by atoms with Crippen LogP contribution >= 0.6 is 0 Å². The Morgan fingerprint density at radius 2 is 1.56 bits per heavy atom. The number of aliphatic carboxylic acids is 1. The first kappa shape index (κ1) is 51.5. The number of amides is 5. The lowest BCUT2D eigenvalue weighted by atomic mass is 9.96. The van der Waals surface area contributed by atoms with Gasteiger partial charge in [-0.05, 0) is 86.4 Å². The number of nitrogens with zero attached hydrogens (tertiary/aromatic N) is 6. The molecule has 1 heterocycles. The average Bonchev–Trinajstić information content (AvgIpc) is 3.68. The van der Waals surface area contributed by atoms with Crippen molar-refractivity contribution in [2.24, 2.45) is 33.4 Å². The van der Waals surface area contributed by atoms with Crippen molar-refractivity contribution in [1.82, 2.24) is 26.2 Å². The first-order valence-corrected chi connectivity index (χ1v) is 21.1. The van der Waals surface area contributed by atoms with Crippen molar-refractivity contribution >= 4 is 41.5 Å². The molecule has 1 aromatic rings. The van der Waals surface area contributed by atoms with Crippen LogP contribution in [0.4, 0.5) is 0 Å². The number of quaternary nitrogens is 1. The van der Waals surface area contributed by atoms with Crippen LogP contribution in [0.2, 0.25) is 0 Å². The number of rotatable bonds is 26. The Bertz CT molecular complexity index is 1710. The van der Waals surface area contributed by atoms with Gasteiger partial charge in [-0.2, -0.15) is 0 Å². The van der Waals surface area contributed by atoms with E-state index in [-0.39, 0.29) is 62.8 Å². The van der Waals surface area contributed by atoms with Crippen LogP contribution in [0.1, 0.15) is 91.0 Å². The Balaban J connectivity index is 2.40. The van der Waals surface area contributed by atoms with E-state index in [4.69, 9.17) is 11.5 Å². The summed E-state index contributed by atoms with van der Waals surface area (Å²) in [4.78, 5) is 89.9. The average molecular weight is 858 g/mol. The molecule has 1 aliphatic heterocycles. The van der Waals surface area contributed by atoms with E-state index >= 15 is 0 Å². The summed E-state index contributed by atoms with van der Waals surface area (Å²) in [7, 11) is 6.14. The van der Waals surface area contributed by atoms with Crippen LogP contribution in [-0.4, -0.2) is 138 Å². The number of aliphatic imine (C=N–C) groups is 1. The van der Waals surface area contributed by atoms with Gasteiger partial charge in [0.05, 0.1) is 27.7 Å². The predicted octanol–water partition coefficient (Wildman–Crippen LogP) is 1.65. The molecule has 1 aromatic carbocycles. The molecule has 7 atom stereocenters. The molecule has 1 fully saturated rings. The van der Waals surface area contributed by atoms with Gasteiger partial charge in [0.15, 0.2) is 5.96 Å². The molecule has 61 heavy (non-hydrogen) atoms. The molecule has 0 radical (unpaired) electrons. The maximum Gasteiger partial charge on any atom is 0.326 e. The summed E-state index contributed by atoms with van der Waals surface area (Å²) in [5.74, 6) is -5.05. The minimum atomic E-state index is -1.27. The molecule has 20 heteroatoms. The van der Waals surface area contributed by atoms with E-state index in [9.17, 15) is 44.5 Å². The number of hydrogen-bond donors (Lipinski definition) is 8. The second-order valence-electron chi connectivity index (χ2n) is 17.3. The zero-order valence-electron chi connectivity index (χ0n) is 36.8. The number of nitrogens with one attached hydrogen (secondary N) is 4. The first-order chi connectivity index (χ1) is 28.7. The molecule has 340 valence electrons. The third kappa shape index (κ3) is 18.3. The Kier molecular flexibility index (Phi) is 21.3. The monoisotopic (exact) mass is 858 g/mol. The van der Waals surface area contributed by atoms with Crippen molar-refractivity contribution in [3.05, 3.63) is 40.3 Å². The maximum absolute atomic E-state index is 14.3. The predicted molar refractivity (Wildman–Crippen MR) is 230 cm³/mol. The molecular weight excluding hydrogens is 789 g/mol. The van der Waals surface area contributed by atoms with E-state index in [2.05, 4.69) is 36.3 Å². The zero-order chi connectivity index (χ0) is 45.9. The number of hydrogen-bond acceptors (Lipinski definition) is 9. The Morgan fingerprint density at radius 1 is 0.902 bits per heavy atom. The van der Waals surface area contributed by atoms with E-state index in [1.165, 1.54) is 17.0 Å². The fourth-order valence-corrected chi connectivity index (χ4v) is 7.01. The van der Waals surface area contributed by atoms with Crippen LogP contribution in [0.25, 0.3) is 10.4 Å². The summed E-state index contributed by atoms with van der Waals surface area (Å²) < 4.78 is 0.723. The second-order valence-corrected chi connectivity index (χ2v) is 17.3. The lowest BCUT2D eigenvalue weighted by Crippen LogP contribution is -2.60. The van der Waals surface area contributed by atoms with Gasteiger partial charge in [-0.1, -0.05) is 51.4 Å². The smallest absolute Gasteiger partial charge is 0.326 e. The van der Waals surface area contributed by atoms with E-state index in [1.54, 1.807) is 19.1 Å². The number of carboxylic acids is 1. The van der Waals surface area contributed by atoms with Gasteiger partial charge in [0.2, 0.25) is 29.5 Å². The van der Waals surface area contributed by atoms with Gasteiger partial charge in [-0.15, -0.1) is 0 Å². The largest absolute Gasteiger partial charge is 0.508 e. The van der Waals surface area contributed by atoms with E-state index in [1.807, 2.05) is 41.9 Å². The fraction of sp³-hybridized carbons (Fsp3) is 0.683. The van der Waals surface area contributed by atoms with Crippen LogP contribution in [0, 0.1) is 11.8 Å². The molecule has 10 N–H and O–H groups in total. The van der Waals surface area contributed by atoms with E-state index in [0.29, 0.717) is 31.2 Å². The van der Waals surface area contributed by atoms with Gasteiger partial charge in [-0.25, -0.2) is 4.79 Å². The van der Waals surface area contributed by atoms with Gasteiger partial charge in [0.25, 0.3) is 0 Å². The molecular formula is C41H69N12O8+. The van der Waals surface area contributed by atoms with Gasteiger partial charge >= 0.3 is 5.97 Å². The van der Waals surface area contributed by atoms with E-state index in [0.717, 1.165) is 17.4 Å². The molecule has 20 nitrogen and oxygen atoms in total. The molecule has 0 spiro atoms. The normalized spacial score (nSPS) is 16.8. The van der Waals surface area contributed by atoms with Gasteiger partial charge in [0, 0.05) is 24.4 Å². The van der Waals surface area contributed by atoms with Gasteiger partial charge in [0.1, 0.15) is 42.0 Å². The quantitative estimate of drug-likeness (QED) is 0.0127. The first-order valence-electron chi connectivity index (χ1n) is 21.1. The van der Waals surface area contributed by atoms with Gasteiger partial charge in [-0.3, -0.25) is 29.0 Å². The summed E-state index contributed by atoms with van der Waals surface area (Å²) in [6.45, 7) is 8.40. The van der Waals surface area contributed by atoms with Crippen molar-refractivity contribution in [3.63, 3.8) is 0 Å². The molecule has 0 aromatic heterocycles. The number of guanidine groups is 1. The number of unbranched alkanes of at least 4 members (excludes halogenated alkanes) is 1. The third-order valence-corrected chi connectivity index (χ3v) is 10.6. The number of benzene rings is 1. The number of likely N-dealkylation sites (tertiary alicyclic amines) is 1. The van der Waals surface area contributed by atoms with Crippen LogP contribution in [0.5, 0.6) is 5.75 Å². The van der Waals surface area contributed by atoms with Crippen molar-refractivity contribution < 1.29 is 43.5 Å². The molecule has 1 saturated heterocycles. The maximum atomic E-state index is 14.3. The molecule has 0 unspecified atom stereocenters. The minimum Gasteiger partial charge on any atom is -0.508 e. The van der Waals surface area contributed by atoms with Crippen molar-refractivity contribution in [2.45, 2.75) is 128 Å². The number of azide groups is 1.